The summed E-state index contributed by atoms with van der Waals surface area (Å²) in [5.41, 5.74) is 10.9. The van der Waals surface area contributed by atoms with E-state index in [4.69, 9.17) is 17.3 Å². The maximum absolute atomic E-state index is 12.6. The normalized spacial score (nSPS) is 11.1. The number of carbonyl (C=O) groups excluding carboxylic acids is 1. The van der Waals surface area contributed by atoms with E-state index in [0.717, 1.165) is 33.2 Å². The van der Waals surface area contributed by atoms with Gasteiger partial charge >= 0.3 is 0 Å². The number of imidazole rings is 1. The van der Waals surface area contributed by atoms with E-state index >= 15 is 0 Å². The first-order valence-electron chi connectivity index (χ1n) is 8.82. The number of halogens is 1. The molecule has 28 heavy (non-hydrogen) atoms. The van der Waals surface area contributed by atoms with E-state index in [9.17, 15) is 4.79 Å². The molecule has 0 bridgehead atoms. The van der Waals surface area contributed by atoms with Crippen molar-refractivity contribution < 1.29 is 9.20 Å². The molecule has 3 N–H and O–H groups in total. The van der Waals surface area contributed by atoms with Crippen LogP contribution in [0.3, 0.4) is 0 Å². The first kappa shape index (κ1) is 18.5. The SMILES string of the molecule is CC(=O)n1c(-c2cccs2)c(Nc2c(C)cccc2C)[n+]2c(N)cc(Cl)cc12. The van der Waals surface area contributed by atoms with Crippen LogP contribution in [-0.4, -0.2) is 10.5 Å². The summed E-state index contributed by atoms with van der Waals surface area (Å²) in [6.07, 6.45) is 0. The Balaban J connectivity index is 2.12. The van der Waals surface area contributed by atoms with Crippen molar-refractivity contribution in [3.05, 3.63) is 64.0 Å². The summed E-state index contributed by atoms with van der Waals surface area (Å²) in [5.74, 6) is 1.07. The van der Waals surface area contributed by atoms with E-state index < -0.39 is 0 Å². The van der Waals surface area contributed by atoms with Crippen LogP contribution in [0.5, 0.6) is 0 Å². The lowest BCUT2D eigenvalue weighted by Crippen LogP contribution is -2.28. The molecule has 5 nitrogen and oxygen atoms in total. The highest BCUT2D eigenvalue weighted by atomic mass is 35.5. The molecule has 0 aliphatic rings. The van der Waals surface area contributed by atoms with Crippen LogP contribution in [0.25, 0.3) is 16.2 Å². The molecule has 0 saturated heterocycles. The fourth-order valence-corrected chi connectivity index (χ4v) is 4.48. The van der Waals surface area contributed by atoms with Crippen LogP contribution in [0.15, 0.2) is 47.8 Å². The van der Waals surface area contributed by atoms with Crippen molar-refractivity contribution in [2.75, 3.05) is 11.1 Å². The largest absolute Gasteiger partial charge is 0.334 e. The van der Waals surface area contributed by atoms with Crippen LogP contribution in [-0.2, 0) is 0 Å². The number of aryl methyl sites for hydroxylation is 2. The number of rotatable bonds is 3. The lowest BCUT2D eigenvalue weighted by molar-refractivity contribution is -0.477. The van der Waals surface area contributed by atoms with Crippen LogP contribution >= 0.6 is 22.9 Å². The Labute approximate surface area is 172 Å². The number of nitrogen functional groups attached to an aromatic ring is 1. The van der Waals surface area contributed by atoms with Gasteiger partial charge in [0, 0.05) is 19.1 Å². The number of hydrogen-bond acceptors (Lipinski definition) is 4. The molecule has 0 atom stereocenters. The number of hydrogen-bond donors (Lipinski definition) is 2. The molecule has 0 unspecified atom stereocenters. The first-order chi connectivity index (χ1) is 13.4. The van der Waals surface area contributed by atoms with Crippen molar-refractivity contribution in [2.24, 2.45) is 0 Å². The molecule has 0 aliphatic carbocycles. The summed E-state index contributed by atoms with van der Waals surface area (Å²) in [4.78, 5) is 13.6. The molecule has 3 aromatic heterocycles. The Morgan fingerprint density at radius 1 is 1.18 bits per heavy atom. The predicted molar refractivity (Wildman–Crippen MR) is 116 cm³/mol. The summed E-state index contributed by atoms with van der Waals surface area (Å²) >= 11 is 7.83. The van der Waals surface area contributed by atoms with Gasteiger partial charge in [0.25, 0.3) is 5.91 Å². The van der Waals surface area contributed by atoms with Gasteiger partial charge in [-0.15, -0.1) is 11.3 Å². The molecule has 4 aromatic rings. The van der Waals surface area contributed by atoms with Gasteiger partial charge in [-0.3, -0.25) is 10.1 Å². The van der Waals surface area contributed by atoms with Gasteiger partial charge in [-0.1, -0.05) is 35.9 Å². The number of nitrogens with one attached hydrogen (secondary N) is 1. The molecule has 142 valence electrons. The summed E-state index contributed by atoms with van der Waals surface area (Å²) < 4.78 is 3.50. The van der Waals surface area contributed by atoms with E-state index in [1.165, 1.54) is 6.92 Å². The fourth-order valence-electron chi connectivity index (χ4n) is 3.51. The fraction of sp³-hybridized carbons (Fsp3) is 0.143. The highest BCUT2D eigenvalue weighted by Gasteiger charge is 2.30. The minimum atomic E-state index is -0.114. The molecule has 0 amide bonds. The van der Waals surface area contributed by atoms with E-state index in [1.54, 1.807) is 28.0 Å². The standard InChI is InChI=1S/C21H19ClN4OS/c1-12-6-4-7-13(2)19(12)24-21-20(16-8-5-9-28-16)25(14(3)27)18-11-15(22)10-17(23)26(18)21/h4-11,23-24H,1-3H3/p+1. The average molecular weight is 412 g/mol. The van der Waals surface area contributed by atoms with E-state index in [1.807, 2.05) is 28.0 Å². The molecule has 3 heterocycles. The lowest BCUT2D eigenvalue weighted by atomic mass is 10.1. The van der Waals surface area contributed by atoms with E-state index in [2.05, 4.69) is 31.3 Å². The van der Waals surface area contributed by atoms with Crippen LogP contribution < -0.4 is 15.5 Å². The molecule has 0 spiro atoms. The van der Waals surface area contributed by atoms with Crippen molar-refractivity contribution in [1.82, 2.24) is 4.57 Å². The molecule has 0 fully saturated rings. The second-order valence-electron chi connectivity index (χ2n) is 6.71. The molecule has 0 radical (unpaired) electrons. The Hall–Kier alpha value is -2.83. The third-order valence-electron chi connectivity index (χ3n) is 4.73. The van der Waals surface area contributed by atoms with Gasteiger partial charge in [0.05, 0.1) is 15.6 Å². The first-order valence-corrected chi connectivity index (χ1v) is 10.1. The summed E-state index contributed by atoms with van der Waals surface area (Å²) in [6, 6.07) is 13.5. The molecular weight excluding hydrogens is 392 g/mol. The second-order valence-corrected chi connectivity index (χ2v) is 8.10. The number of fused-ring (bicyclic) bond motifs is 1. The van der Waals surface area contributed by atoms with Gasteiger partial charge in [0.1, 0.15) is 0 Å². The number of nitrogens with two attached hydrogens (primary N) is 1. The Morgan fingerprint density at radius 2 is 1.89 bits per heavy atom. The topological polar surface area (TPSA) is 64.2 Å². The number of pyridine rings is 1. The van der Waals surface area contributed by atoms with Crippen LogP contribution in [0, 0.1) is 13.8 Å². The van der Waals surface area contributed by atoms with Crippen molar-refractivity contribution in [3.63, 3.8) is 0 Å². The zero-order valence-corrected chi connectivity index (χ0v) is 17.4. The van der Waals surface area contributed by atoms with Crippen molar-refractivity contribution in [1.29, 1.82) is 0 Å². The number of benzene rings is 1. The number of aromatic nitrogens is 2. The maximum atomic E-state index is 12.6. The molecule has 0 aliphatic heterocycles. The summed E-state index contributed by atoms with van der Waals surface area (Å²) in [5, 5.41) is 6.02. The van der Waals surface area contributed by atoms with Crippen LogP contribution in [0.2, 0.25) is 5.02 Å². The van der Waals surface area contributed by atoms with Crippen molar-refractivity contribution >= 4 is 51.8 Å². The minimum Gasteiger partial charge on any atom is -0.334 e. The third kappa shape index (κ3) is 2.95. The zero-order chi connectivity index (χ0) is 20.0. The van der Waals surface area contributed by atoms with Gasteiger partial charge < -0.3 is 5.73 Å². The quantitative estimate of drug-likeness (QED) is 0.455. The van der Waals surface area contributed by atoms with Gasteiger partial charge in [-0.25, -0.2) is 4.57 Å². The number of nitrogens with zero attached hydrogens (tertiary/aromatic N) is 2. The monoisotopic (exact) mass is 411 g/mol. The Bertz CT molecular complexity index is 1190. The van der Waals surface area contributed by atoms with Crippen molar-refractivity contribution in [3.8, 4) is 10.6 Å². The lowest BCUT2D eigenvalue weighted by Gasteiger charge is -2.10. The molecule has 4 rings (SSSR count). The number of thiophene rings is 1. The predicted octanol–water partition coefficient (Wildman–Crippen LogP) is 5.21. The smallest absolute Gasteiger partial charge is 0.270 e. The molecule has 7 heteroatoms. The summed E-state index contributed by atoms with van der Waals surface area (Å²) in [6.45, 7) is 5.64. The second kappa shape index (κ2) is 6.96. The number of para-hydroxylation sites is 1. The summed E-state index contributed by atoms with van der Waals surface area (Å²) in [7, 11) is 0. The van der Waals surface area contributed by atoms with Gasteiger partial charge in [0.2, 0.25) is 11.5 Å². The highest BCUT2D eigenvalue weighted by Crippen LogP contribution is 2.36. The Morgan fingerprint density at radius 3 is 2.50 bits per heavy atom. The zero-order valence-electron chi connectivity index (χ0n) is 15.8. The van der Waals surface area contributed by atoms with Crippen molar-refractivity contribution in [2.45, 2.75) is 20.8 Å². The highest BCUT2D eigenvalue weighted by molar-refractivity contribution is 7.13. The van der Waals surface area contributed by atoms with Gasteiger partial charge in [-0.05, 0) is 36.4 Å². The third-order valence-corrected chi connectivity index (χ3v) is 5.83. The molecular formula is C21H20ClN4OS+. The minimum absolute atomic E-state index is 0.114. The van der Waals surface area contributed by atoms with Gasteiger partial charge in [-0.2, -0.15) is 4.40 Å². The van der Waals surface area contributed by atoms with E-state index in [-0.39, 0.29) is 5.91 Å². The maximum Gasteiger partial charge on any atom is 0.270 e. The molecule has 0 saturated carbocycles. The van der Waals surface area contributed by atoms with Crippen LogP contribution in [0.4, 0.5) is 17.3 Å². The van der Waals surface area contributed by atoms with E-state index in [0.29, 0.717) is 16.5 Å². The van der Waals surface area contributed by atoms with Crippen LogP contribution in [0.1, 0.15) is 22.8 Å². The number of anilines is 3. The molecule has 1 aromatic carbocycles. The Kier molecular flexibility index (Phi) is 4.61. The average Bonchev–Trinajstić information content (AvgIpc) is 3.23. The number of carbonyl (C=O) groups is 1. The van der Waals surface area contributed by atoms with Gasteiger partial charge in [0.15, 0.2) is 11.5 Å².